The highest BCUT2D eigenvalue weighted by Gasteiger charge is 2.21. The van der Waals surface area contributed by atoms with E-state index in [1.165, 1.54) is 0 Å². The molecule has 0 spiro atoms. The maximum absolute atomic E-state index is 8.81. The molecule has 2 rings (SSSR count). The maximum Gasteiger partial charge on any atom is 0.0643 e. The van der Waals surface area contributed by atoms with Crippen LogP contribution >= 0.6 is 11.6 Å². The maximum atomic E-state index is 8.81. The second-order valence-corrected chi connectivity index (χ2v) is 4.33. The van der Waals surface area contributed by atoms with E-state index in [2.05, 4.69) is 16.3 Å². The van der Waals surface area contributed by atoms with Crippen LogP contribution in [0, 0.1) is 11.3 Å². The van der Waals surface area contributed by atoms with Gasteiger partial charge in [0.05, 0.1) is 18.5 Å². The molecule has 1 aromatic carbocycles. The first-order chi connectivity index (χ1) is 7.81. The van der Waals surface area contributed by atoms with Crippen LogP contribution in [0.5, 0.6) is 0 Å². The molecule has 1 unspecified atom stereocenters. The molecule has 0 bridgehead atoms. The summed E-state index contributed by atoms with van der Waals surface area (Å²) in [6.07, 6.45) is 0.541. The Morgan fingerprint density at radius 1 is 1.56 bits per heavy atom. The van der Waals surface area contributed by atoms with Crippen LogP contribution in [0.1, 0.15) is 6.42 Å². The number of hydrogen-bond acceptors (Lipinski definition) is 3. The second-order valence-electron chi connectivity index (χ2n) is 3.89. The minimum absolute atomic E-state index is 0.247. The Morgan fingerprint density at radius 2 is 2.44 bits per heavy atom. The van der Waals surface area contributed by atoms with E-state index >= 15 is 0 Å². The first-order valence-electron chi connectivity index (χ1n) is 5.41. The molecule has 4 heteroatoms. The van der Waals surface area contributed by atoms with Gasteiger partial charge in [-0.1, -0.05) is 17.7 Å². The molecular formula is C12H14ClN3. The van der Waals surface area contributed by atoms with Crippen molar-refractivity contribution in [3.8, 4) is 6.07 Å². The average Bonchev–Trinajstić information content (AvgIpc) is 2.30. The van der Waals surface area contributed by atoms with Crippen LogP contribution in [-0.2, 0) is 0 Å². The fourth-order valence-electron chi connectivity index (χ4n) is 2.04. The number of halogens is 1. The van der Waals surface area contributed by atoms with E-state index in [-0.39, 0.29) is 6.04 Å². The summed E-state index contributed by atoms with van der Waals surface area (Å²) in [5.74, 6) is 0. The van der Waals surface area contributed by atoms with E-state index in [0.717, 1.165) is 30.3 Å². The molecule has 16 heavy (non-hydrogen) atoms. The molecule has 84 valence electrons. The average molecular weight is 236 g/mol. The molecule has 3 nitrogen and oxygen atoms in total. The van der Waals surface area contributed by atoms with Gasteiger partial charge in [-0.25, -0.2) is 0 Å². The molecule has 1 atom stereocenters. The lowest BCUT2D eigenvalue weighted by atomic mass is 10.1. The molecule has 0 radical (unpaired) electrons. The SMILES string of the molecule is N#CCC1CNCCN1c1cccc(Cl)c1. The molecule has 1 aliphatic rings. The minimum atomic E-state index is 0.247. The summed E-state index contributed by atoms with van der Waals surface area (Å²) in [6, 6.07) is 10.3. The second kappa shape index (κ2) is 5.20. The first-order valence-corrected chi connectivity index (χ1v) is 5.79. The van der Waals surface area contributed by atoms with Gasteiger partial charge in [0, 0.05) is 30.3 Å². The van der Waals surface area contributed by atoms with Gasteiger partial charge in [0.2, 0.25) is 0 Å². The van der Waals surface area contributed by atoms with Gasteiger partial charge in [0.1, 0.15) is 0 Å². The highest BCUT2D eigenvalue weighted by atomic mass is 35.5. The Bertz CT molecular complexity index is 399. The van der Waals surface area contributed by atoms with Crippen LogP contribution < -0.4 is 10.2 Å². The minimum Gasteiger partial charge on any atom is -0.365 e. The number of piperazine rings is 1. The molecule has 1 aromatic rings. The van der Waals surface area contributed by atoms with E-state index in [1.54, 1.807) is 0 Å². The summed E-state index contributed by atoms with van der Waals surface area (Å²) >= 11 is 5.98. The van der Waals surface area contributed by atoms with Gasteiger partial charge in [-0.05, 0) is 18.2 Å². The fraction of sp³-hybridized carbons (Fsp3) is 0.417. The van der Waals surface area contributed by atoms with Crippen molar-refractivity contribution in [1.29, 1.82) is 5.26 Å². The van der Waals surface area contributed by atoms with Crippen LogP contribution in [0.25, 0.3) is 0 Å². The highest BCUT2D eigenvalue weighted by molar-refractivity contribution is 6.30. The van der Waals surface area contributed by atoms with Crippen molar-refractivity contribution >= 4 is 17.3 Å². The van der Waals surface area contributed by atoms with Gasteiger partial charge >= 0.3 is 0 Å². The number of nitriles is 1. The zero-order chi connectivity index (χ0) is 11.4. The van der Waals surface area contributed by atoms with Crippen LogP contribution in [-0.4, -0.2) is 25.7 Å². The van der Waals surface area contributed by atoms with Gasteiger partial charge < -0.3 is 10.2 Å². The Balaban J connectivity index is 2.20. The van der Waals surface area contributed by atoms with Crippen LogP contribution in [0.15, 0.2) is 24.3 Å². The third-order valence-corrected chi connectivity index (χ3v) is 3.05. The summed E-state index contributed by atoms with van der Waals surface area (Å²) in [6.45, 7) is 2.74. The molecule has 0 amide bonds. The Hall–Kier alpha value is -1.24. The summed E-state index contributed by atoms with van der Waals surface area (Å²) in [4.78, 5) is 2.26. The van der Waals surface area contributed by atoms with Crippen LogP contribution in [0.2, 0.25) is 5.02 Å². The number of benzene rings is 1. The fourth-order valence-corrected chi connectivity index (χ4v) is 2.23. The third-order valence-electron chi connectivity index (χ3n) is 2.82. The largest absolute Gasteiger partial charge is 0.365 e. The number of rotatable bonds is 2. The predicted octanol–water partition coefficient (Wildman–Crippen LogP) is 2.03. The van der Waals surface area contributed by atoms with E-state index in [9.17, 15) is 0 Å². The molecule has 1 fully saturated rings. The molecule has 0 aliphatic carbocycles. The molecule has 1 aliphatic heterocycles. The zero-order valence-electron chi connectivity index (χ0n) is 8.99. The molecular weight excluding hydrogens is 222 g/mol. The molecule has 0 aromatic heterocycles. The van der Waals surface area contributed by atoms with Crippen molar-refractivity contribution in [1.82, 2.24) is 5.32 Å². The highest BCUT2D eigenvalue weighted by Crippen LogP contribution is 2.23. The quantitative estimate of drug-likeness (QED) is 0.853. The van der Waals surface area contributed by atoms with E-state index in [1.807, 2.05) is 24.3 Å². The standard InChI is InChI=1S/C12H14ClN3/c13-10-2-1-3-11(8-10)16-7-6-15-9-12(16)4-5-14/h1-3,8,12,15H,4,6-7,9H2. The lowest BCUT2D eigenvalue weighted by molar-refractivity contribution is 0.481. The Morgan fingerprint density at radius 3 is 3.19 bits per heavy atom. The zero-order valence-corrected chi connectivity index (χ0v) is 9.74. The van der Waals surface area contributed by atoms with E-state index in [0.29, 0.717) is 6.42 Å². The van der Waals surface area contributed by atoms with Crippen LogP contribution in [0.4, 0.5) is 5.69 Å². The lowest BCUT2D eigenvalue weighted by Gasteiger charge is -2.37. The molecule has 1 N–H and O–H groups in total. The molecule has 0 saturated carbocycles. The van der Waals surface area contributed by atoms with Crippen molar-refractivity contribution in [3.63, 3.8) is 0 Å². The summed E-state index contributed by atoms with van der Waals surface area (Å²) < 4.78 is 0. The summed E-state index contributed by atoms with van der Waals surface area (Å²) in [5, 5.41) is 12.9. The Labute approximate surface area is 101 Å². The summed E-state index contributed by atoms with van der Waals surface area (Å²) in [5.41, 5.74) is 1.11. The van der Waals surface area contributed by atoms with E-state index in [4.69, 9.17) is 16.9 Å². The number of nitrogens with zero attached hydrogens (tertiary/aromatic N) is 2. The number of anilines is 1. The van der Waals surface area contributed by atoms with Gasteiger partial charge in [-0.15, -0.1) is 0 Å². The smallest absolute Gasteiger partial charge is 0.0643 e. The van der Waals surface area contributed by atoms with Crippen molar-refractivity contribution in [2.75, 3.05) is 24.5 Å². The van der Waals surface area contributed by atoms with Gasteiger partial charge in [-0.3, -0.25) is 0 Å². The predicted molar refractivity (Wildman–Crippen MR) is 65.7 cm³/mol. The topological polar surface area (TPSA) is 39.1 Å². The summed E-state index contributed by atoms with van der Waals surface area (Å²) in [7, 11) is 0. The monoisotopic (exact) mass is 235 g/mol. The lowest BCUT2D eigenvalue weighted by Crippen LogP contribution is -2.51. The molecule has 1 heterocycles. The third kappa shape index (κ3) is 2.46. The Kier molecular flexibility index (Phi) is 3.66. The van der Waals surface area contributed by atoms with Crippen molar-refractivity contribution in [2.45, 2.75) is 12.5 Å². The normalized spacial score (nSPS) is 20.5. The van der Waals surface area contributed by atoms with Crippen LogP contribution in [0.3, 0.4) is 0 Å². The van der Waals surface area contributed by atoms with Crippen molar-refractivity contribution in [2.24, 2.45) is 0 Å². The number of hydrogen-bond donors (Lipinski definition) is 1. The molecule has 1 saturated heterocycles. The van der Waals surface area contributed by atoms with Gasteiger partial charge in [0.15, 0.2) is 0 Å². The van der Waals surface area contributed by atoms with E-state index < -0.39 is 0 Å². The number of nitrogens with one attached hydrogen (secondary N) is 1. The van der Waals surface area contributed by atoms with Gasteiger partial charge in [-0.2, -0.15) is 5.26 Å². The van der Waals surface area contributed by atoms with Crippen molar-refractivity contribution in [3.05, 3.63) is 29.3 Å². The van der Waals surface area contributed by atoms with Gasteiger partial charge in [0.25, 0.3) is 0 Å². The first kappa shape index (κ1) is 11.3. The van der Waals surface area contributed by atoms with Crippen molar-refractivity contribution < 1.29 is 0 Å².